The van der Waals surface area contributed by atoms with E-state index in [2.05, 4.69) is 24.1 Å². The summed E-state index contributed by atoms with van der Waals surface area (Å²) in [6.45, 7) is 8.23. The summed E-state index contributed by atoms with van der Waals surface area (Å²) in [5.41, 5.74) is 3.73. The highest BCUT2D eigenvalue weighted by Crippen LogP contribution is 2.20. The number of anilines is 1. The number of piperidine rings is 1. The molecule has 142 valence electrons. The van der Waals surface area contributed by atoms with Crippen molar-refractivity contribution < 1.29 is 9.53 Å². The fourth-order valence-corrected chi connectivity index (χ4v) is 3.33. The molecule has 0 radical (unpaired) electrons. The smallest absolute Gasteiger partial charge is 0.264 e. The molecule has 1 aliphatic heterocycles. The van der Waals surface area contributed by atoms with Gasteiger partial charge >= 0.3 is 0 Å². The first-order valence-electron chi connectivity index (χ1n) is 9.38. The van der Waals surface area contributed by atoms with Gasteiger partial charge in [0.2, 0.25) is 0 Å². The Hall–Kier alpha value is -2.40. The maximum atomic E-state index is 12.4. The standard InChI is InChI=1S/C22H26N2O2S/c1-15-10-12-24(13-11-15)22(27)26-20-8-5-18(6-9-20)21(25)23-19-7-4-16(2)17(3)14-19/h4-9,14-15H,10-13H2,1-3H3,(H,23,25). The summed E-state index contributed by atoms with van der Waals surface area (Å²) >= 11 is 5.41. The van der Waals surface area contributed by atoms with Crippen molar-refractivity contribution in [2.75, 3.05) is 18.4 Å². The van der Waals surface area contributed by atoms with Crippen molar-refractivity contribution in [3.63, 3.8) is 0 Å². The number of ether oxygens (including phenoxy) is 1. The molecule has 0 aliphatic carbocycles. The lowest BCUT2D eigenvalue weighted by atomic mass is 10.00. The molecule has 0 unspecified atom stereocenters. The Morgan fingerprint density at radius 1 is 1.07 bits per heavy atom. The first kappa shape index (κ1) is 19.4. The summed E-state index contributed by atoms with van der Waals surface area (Å²) in [6.07, 6.45) is 2.28. The van der Waals surface area contributed by atoms with Gasteiger partial charge in [-0.1, -0.05) is 13.0 Å². The number of carbonyl (C=O) groups excluding carboxylic acids is 1. The van der Waals surface area contributed by atoms with Gasteiger partial charge in [-0.2, -0.15) is 0 Å². The second kappa shape index (κ2) is 8.53. The van der Waals surface area contributed by atoms with Crippen LogP contribution in [0.3, 0.4) is 0 Å². The van der Waals surface area contributed by atoms with Gasteiger partial charge in [0.15, 0.2) is 0 Å². The van der Waals surface area contributed by atoms with E-state index in [1.165, 1.54) is 5.56 Å². The molecule has 1 fully saturated rings. The molecule has 1 aliphatic rings. The lowest BCUT2D eigenvalue weighted by molar-refractivity contribution is 0.102. The number of carbonyl (C=O) groups is 1. The molecule has 0 spiro atoms. The number of hydrogen-bond acceptors (Lipinski definition) is 3. The van der Waals surface area contributed by atoms with Gasteiger partial charge in [-0.15, -0.1) is 0 Å². The van der Waals surface area contributed by atoms with Crippen molar-refractivity contribution >= 4 is 29.0 Å². The number of hydrogen-bond donors (Lipinski definition) is 1. The molecule has 1 amide bonds. The average molecular weight is 383 g/mol. The monoisotopic (exact) mass is 382 g/mol. The summed E-state index contributed by atoms with van der Waals surface area (Å²) < 4.78 is 5.80. The first-order chi connectivity index (χ1) is 12.9. The molecule has 0 aromatic heterocycles. The SMILES string of the molecule is Cc1ccc(NC(=O)c2ccc(OC(=S)N3CCC(C)CC3)cc2)cc1C. The maximum absolute atomic E-state index is 12.4. The second-order valence-corrected chi connectivity index (χ2v) is 7.66. The van der Waals surface area contributed by atoms with Crippen LogP contribution < -0.4 is 10.1 Å². The van der Waals surface area contributed by atoms with Crippen LogP contribution in [0.4, 0.5) is 5.69 Å². The van der Waals surface area contributed by atoms with Crippen LogP contribution >= 0.6 is 12.2 Å². The molecule has 0 bridgehead atoms. The van der Waals surface area contributed by atoms with Crippen molar-refractivity contribution in [2.24, 2.45) is 5.92 Å². The molecule has 1 heterocycles. The summed E-state index contributed by atoms with van der Waals surface area (Å²) in [7, 11) is 0. The number of benzene rings is 2. The van der Waals surface area contributed by atoms with Crippen molar-refractivity contribution in [2.45, 2.75) is 33.6 Å². The van der Waals surface area contributed by atoms with Crippen LogP contribution in [-0.2, 0) is 0 Å². The van der Waals surface area contributed by atoms with Gasteiger partial charge < -0.3 is 15.0 Å². The lowest BCUT2D eigenvalue weighted by Crippen LogP contribution is -2.39. The molecular weight excluding hydrogens is 356 g/mol. The van der Waals surface area contributed by atoms with Gasteiger partial charge in [0.05, 0.1) is 0 Å². The zero-order valence-corrected chi connectivity index (χ0v) is 16.9. The van der Waals surface area contributed by atoms with E-state index >= 15 is 0 Å². The van der Waals surface area contributed by atoms with Crippen LogP contribution in [0.15, 0.2) is 42.5 Å². The van der Waals surface area contributed by atoms with Crippen molar-refractivity contribution in [1.29, 1.82) is 0 Å². The zero-order chi connectivity index (χ0) is 19.4. The van der Waals surface area contributed by atoms with E-state index in [0.717, 1.165) is 43.1 Å². The van der Waals surface area contributed by atoms with E-state index in [9.17, 15) is 4.79 Å². The molecular formula is C22H26N2O2S. The minimum absolute atomic E-state index is 0.141. The Morgan fingerprint density at radius 2 is 1.74 bits per heavy atom. The molecule has 0 atom stereocenters. The van der Waals surface area contributed by atoms with Crippen molar-refractivity contribution in [3.05, 3.63) is 59.2 Å². The van der Waals surface area contributed by atoms with Crippen LogP contribution in [0, 0.1) is 19.8 Å². The fourth-order valence-electron chi connectivity index (χ4n) is 3.05. The predicted molar refractivity (Wildman–Crippen MR) is 114 cm³/mol. The molecule has 1 saturated heterocycles. The minimum atomic E-state index is -0.141. The zero-order valence-electron chi connectivity index (χ0n) is 16.1. The summed E-state index contributed by atoms with van der Waals surface area (Å²) in [5.74, 6) is 1.26. The van der Waals surface area contributed by atoms with Crippen LogP contribution in [0.1, 0.15) is 41.3 Å². The molecule has 27 heavy (non-hydrogen) atoms. The number of nitrogens with zero attached hydrogens (tertiary/aromatic N) is 1. The van der Waals surface area contributed by atoms with E-state index in [-0.39, 0.29) is 5.91 Å². The molecule has 3 rings (SSSR count). The number of nitrogens with one attached hydrogen (secondary N) is 1. The third-order valence-electron chi connectivity index (χ3n) is 5.13. The van der Waals surface area contributed by atoms with Gasteiger partial charge in [-0.05, 0) is 92.4 Å². The van der Waals surface area contributed by atoms with Crippen LogP contribution in [0.25, 0.3) is 0 Å². The number of rotatable bonds is 3. The van der Waals surface area contributed by atoms with E-state index in [1.54, 1.807) is 24.3 Å². The Morgan fingerprint density at radius 3 is 2.37 bits per heavy atom. The Kier molecular flexibility index (Phi) is 6.11. The van der Waals surface area contributed by atoms with Crippen LogP contribution in [-0.4, -0.2) is 29.1 Å². The highest BCUT2D eigenvalue weighted by Gasteiger charge is 2.19. The highest BCUT2D eigenvalue weighted by molar-refractivity contribution is 7.80. The molecule has 2 aromatic carbocycles. The number of aryl methyl sites for hydroxylation is 2. The van der Waals surface area contributed by atoms with E-state index < -0.39 is 0 Å². The van der Waals surface area contributed by atoms with E-state index in [1.807, 2.05) is 25.1 Å². The summed E-state index contributed by atoms with van der Waals surface area (Å²) in [6, 6.07) is 13.0. The third kappa shape index (κ3) is 5.07. The number of thiocarbonyl (C=S) groups is 1. The summed E-state index contributed by atoms with van der Waals surface area (Å²) in [4.78, 5) is 14.5. The quantitative estimate of drug-likeness (QED) is 0.763. The first-order valence-corrected chi connectivity index (χ1v) is 9.78. The Bertz CT molecular complexity index is 825. The fraction of sp³-hybridized carbons (Fsp3) is 0.364. The number of amides is 1. The van der Waals surface area contributed by atoms with Crippen LogP contribution in [0.5, 0.6) is 5.75 Å². The van der Waals surface area contributed by atoms with Crippen molar-refractivity contribution in [1.82, 2.24) is 4.90 Å². The normalized spacial score (nSPS) is 14.7. The minimum Gasteiger partial charge on any atom is -0.432 e. The summed E-state index contributed by atoms with van der Waals surface area (Å²) in [5, 5.41) is 3.44. The average Bonchev–Trinajstić information content (AvgIpc) is 2.66. The van der Waals surface area contributed by atoms with Gasteiger partial charge in [0.1, 0.15) is 5.75 Å². The van der Waals surface area contributed by atoms with E-state index in [4.69, 9.17) is 17.0 Å². The third-order valence-corrected chi connectivity index (χ3v) is 5.47. The van der Waals surface area contributed by atoms with Gasteiger partial charge in [0, 0.05) is 24.3 Å². The molecule has 1 N–H and O–H groups in total. The van der Waals surface area contributed by atoms with Gasteiger partial charge in [0.25, 0.3) is 11.1 Å². The lowest BCUT2D eigenvalue weighted by Gasteiger charge is -2.31. The Balaban J connectivity index is 1.58. The molecule has 4 nitrogen and oxygen atoms in total. The second-order valence-electron chi connectivity index (χ2n) is 7.32. The Labute approximate surface area is 166 Å². The largest absolute Gasteiger partial charge is 0.432 e. The maximum Gasteiger partial charge on any atom is 0.264 e. The highest BCUT2D eigenvalue weighted by atomic mass is 32.1. The number of likely N-dealkylation sites (tertiary alicyclic amines) is 1. The molecule has 5 heteroatoms. The molecule has 2 aromatic rings. The van der Waals surface area contributed by atoms with Gasteiger partial charge in [-0.3, -0.25) is 4.79 Å². The van der Waals surface area contributed by atoms with Crippen LogP contribution in [0.2, 0.25) is 0 Å². The molecule has 0 saturated carbocycles. The topological polar surface area (TPSA) is 41.6 Å². The predicted octanol–water partition coefficient (Wildman–Crippen LogP) is 4.95. The van der Waals surface area contributed by atoms with E-state index in [0.29, 0.717) is 16.5 Å². The van der Waals surface area contributed by atoms with Gasteiger partial charge in [-0.25, -0.2) is 0 Å². The van der Waals surface area contributed by atoms with Crippen molar-refractivity contribution in [3.8, 4) is 5.75 Å².